The van der Waals surface area contributed by atoms with Crippen molar-refractivity contribution in [3.8, 4) is 5.75 Å². The molecule has 1 aliphatic heterocycles. The summed E-state index contributed by atoms with van der Waals surface area (Å²) in [5, 5.41) is 2.21. The Balaban J connectivity index is 1.60. The van der Waals surface area contributed by atoms with Crippen LogP contribution < -0.4 is 15.1 Å². The van der Waals surface area contributed by atoms with Crippen LogP contribution in [0.3, 0.4) is 0 Å². The third kappa shape index (κ3) is 6.92. The average molecular weight is 577 g/mol. The summed E-state index contributed by atoms with van der Waals surface area (Å²) >= 11 is 0. The summed E-state index contributed by atoms with van der Waals surface area (Å²) < 4.78 is 31.3. The topological polar surface area (TPSA) is 63.2 Å². The van der Waals surface area contributed by atoms with Gasteiger partial charge in [-0.05, 0) is 40.0 Å². The molecule has 0 radical (unpaired) electrons. The molecule has 0 spiro atoms. The molecule has 0 bridgehead atoms. The van der Waals surface area contributed by atoms with Crippen LogP contribution in [0, 0.1) is 5.92 Å². The summed E-state index contributed by atoms with van der Waals surface area (Å²) in [5.74, 6) is 0.355. The fourth-order valence-electron chi connectivity index (χ4n) is 6.06. The van der Waals surface area contributed by atoms with Crippen molar-refractivity contribution in [1.82, 2.24) is 0 Å². The minimum absolute atomic E-state index is 0.103. The molecule has 220 valence electrons. The molecular weight excluding hydrogens is 532 g/mol. The molecule has 0 saturated carbocycles. The second-order valence-electron chi connectivity index (χ2n) is 11.9. The highest BCUT2D eigenvalue weighted by Gasteiger charge is 2.52. The minimum Gasteiger partial charge on any atom is -0.497 e. The van der Waals surface area contributed by atoms with E-state index in [0.29, 0.717) is 13.2 Å². The summed E-state index contributed by atoms with van der Waals surface area (Å²) in [6.45, 7) is 13.0. The Bertz CT molecular complexity index is 1200. The number of carbonyl (C=O) groups is 1. The van der Waals surface area contributed by atoms with Crippen molar-refractivity contribution in [3.63, 3.8) is 0 Å². The molecule has 0 amide bonds. The van der Waals surface area contributed by atoms with E-state index in [9.17, 15) is 4.79 Å². The van der Waals surface area contributed by atoms with E-state index in [1.807, 2.05) is 43.3 Å². The van der Waals surface area contributed by atoms with Gasteiger partial charge >= 0.3 is 5.97 Å². The maximum atomic E-state index is 12.3. The number of hydrogen-bond donors (Lipinski definition) is 0. The summed E-state index contributed by atoms with van der Waals surface area (Å²) in [5.41, 5.74) is 1.03. The molecule has 3 unspecified atom stereocenters. The van der Waals surface area contributed by atoms with Gasteiger partial charge in [0.25, 0.3) is 8.32 Å². The van der Waals surface area contributed by atoms with Crippen LogP contribution in [0.4, 0.5) is 0 Å². The lowest BCUT2D eigenvalue weighted by Crippen LogP contribution is -2.68. The lowest BCUT2D eigenvalue weighted by Gasteiger charge is -2.47. The zero-order chi connectivity index (χ0) is 29.6. The number of esters is 1. The van der Waals surface area contributed by atoms with Crippen LogP contribution in [0.5, 0.6) is 5.75 Å². The third-order valence-electron chi connectivity index (χ3n) is 8.04. The first kappa shape index (κ1) is 31.0. The zero-order valence-electron chi connectivity index (χ0n) is 25.3. The number of ether oxygens (including phenoxy) is 4. The Hall–Kier alpha value is -2.97. The van der Waals surface area contributed by atoms with Gasteiger partial charge in [0, 0.05) is 12.8 Å². The lowest BCUT2D eigenvalue weighted by molar-refractivity contribution is -0.225. The highest BCUT2D eigenvalue weighted by atomic mass is 28.4. The van der Waals surface area contributed by atoms with Crippen LogP contribution in [0.2, 0.25) is 5.04 Å². The molecule has 0 N–H and O–H groups in total. The molecule has 0 aliphatic carbocycles. The fraction of sp³-hybridized carbons (Fsp3) is 0.441. The Labute approximate surface area is 246 Å². The van der Waals surface area contributed by atoms with Gasteiger partial charge in [-0.15, -0.1) is 0 Å². The van der Waals surface area contributed by atoms with Crippen molar-refractivity contribution in [2.24, 2.45) is 5.92 Å². The van der Waals surface area contributed by atoms with E-state index in [4.69, 9.17) is 23.4 Å². The Kier molecular flexibility index (Phi) is 10.1. The summed E-state index contributed by atoms with van der Waals surface area (Å²) in [7, 11) is -1.14. The Morgan fingerprint density at radius 3 is 1.90 bits per heavy atom. The SMILES string of the molecule is COc1ccc(COC2C(C)[C@H](OC(C)=O)C(CO[Si](c3ccccc3)(c3ccccc3)C(C)(C)C)O[C@H]2C)cc1. The molecule has 0 aromatic heterocycles. The maximum Gasteiger partial charge on any atom is 0.303 e. The molecule has 1 saturated heterocycles. The highest BCUT2D eigenvalue weighted by molar-refractivity contribution is 6.99. The predicted molar refractivity (Wildman–Crippen MR) is 164 cm³/mol. The Morgan fingerprint density at radius 1 is 0.854 bits per heavy atom. The molecule has 1 aliphatic rings. The van der Waals surface area contributed by atoms with Gasteiger partial charge in [-0.2, -0.15) is 0 Å². The lowest BCUT2D eigenvalue weighted by atomic mass is 9.87. The molecule has 41 heavy (non-hydrogen) atoms. The van der Waals surface area contributed by atoms with Crippen LogP contribution in [0.1, 0.15) is 47.1 Å². The van der Waals surface area contributed by atoms with Crippen molar-refractivity contribution in [2.45, 2.75) is 77.6 Å². The molecule has 5 atom stereocenters. The van der Waals surface area contributed by atoms with Gasteiger partial charge in [0.05, 0.1) is 32.5 Å². The van der Waals surface area contributed by atoms with Crippen molar-refractivity contribution in [1.29, 1.82) is 0 Å². The number of benzene rings is 3. The third-order valence-corrected chi connectivity index (χ3v) is 13.0. The van der Waals surface area contributed by atoms with E-state index >= 15 is 0 Å². The van der Waals surface area contributed by atoms with Gasteiger partial charge in [-0.25, -0.2) is 0 Å². The molecule has 4 rings (SSSR count). The van der Waals surface area contributed by atoms with Gasteiger partial charge in [0.1, 0.15) is 18.0 Å². The first-order valence-electron chi connectivity index (χ1n) is 14.4. The first-order valence-corrected chi connectivity index (χ1v) is 16.3. The molecule has 1 fully saturated rings. The summed E-state index contributed by atoms with van der Waals surface area (Å²) in [6, 6.07) is 28.9. The number of carbonyl (C=O) groups excluding carboxylic acids is 1. The van der Waals surface area contributed by atoms with Gasteiger partial charge in [0.2, 0.25) is 0 Å². The standard InChI is InChI=1S/C34H44O6Si/c1-24-32(37-22-27-18-20-28(36-7)21-19-27)25(2)39-31(33(24)40-26(3)35)23-38-41(34(4,5)6,29-14-10-8-11-15-29)30-16-12-9-13-17-30/h8-21,24-25,31-33H,22-23H2,1-7H3/t24?,25-,31?,32?,33-/m0/s1. The van der Waals surface area contributed by atoms with Crippen LogP contribution in [-0.4, -0.2) is 52.4 Å². The smallest absolute Gasteiger partial charge is 0.303 e. The van der Waals surface area contributed by atoms with E-state index in [1.165, 1.54) is 17.3 Å². The molecule has 3 aromatic rings. The monoisotopic (exact) mass is 576 g/mol. The van der Waals surface area contributed by atoms with Gasteiger partial charge in [-0.3, -0.25) is 4.79 Å². The molecular formula is C34H44O6Si. The van der Waals surface area contributed by atoms with E-state index < -0.39 is 20.5 Å². The number of methoxy groups -OCH3 is 1. The molecule has 1 heterocycles. The van der Waals surface area contributed by atoms with Crippen molar-refractivity contribution in [2.75, 3.05) is 13.7 Å². The average Bonchev–Trinajstić information content (AvgIpc) is 2.95. The van der Waals surface area contributed by atoms with Crippen molar-refractivity contribution < 1.29 is 28.2 Å². The fourth-order valence-corrected chi connectivity index (χ4v) is 10.6. The summed E-state index contributed by atoms with van der Waals surface area (Å²) in [4.78, 5) is 12.3. The first-order chi connectivity index (χ1) is 19.6. The van der Waals surface area contributed by atoms with E-state index in [2.05, 4.69) is 76.2 Å². The quantitative estimate of drug-likeness (QED) is 0.234. The van der Waals surface area contributed by atoms with E-state index in [1.54, 1.807) is 7.11 Å². The second-order valence-corrected chi connectivity index (χ2v) is 16.2. The van der Waals surface area contributed by atoms with Gasteiger partial charge in [-0.1, -0.05) is 100 Å². The van der Waals surface area contributed by atoms with Crippen LogP contribution in [-0.2, 0) is 30.0 Å². The van der Waals surface area contributed by atoms with Crippen molar-refractivity contribution >= 4 is 24.7 Å². The minimum atomic E-state index is -2.79. The van der Waals surface area contributed by atoms with Crippen molar-refractivity contribution in [3.05, 3.63) is 90.5 Å². The molecule has 6 nitrogen and oxygen atoms in total. The second kappa shape index (κ2) is 13.3. The van der Waals surface area contributed by atoms with Gasteiger partial charge < -0.3 is 23.4 Å². The zero-order valence-corrected chi connectivity index (χ0v) is 26.3. The van der Waals surface area contributed by atoms with Crippen LogP contribution in [0.15, 0.2) is 84.9 Å². The summed E-state index contributed by atoms with van der Waals surface area (Å²) in [6.07, 6.45) is -1.43. The predicted octanol–water partition coefficient (Wildman–Crippen LogP) is 5.51. The van der Waals surface area contributed by atoms with E-state index in [0.717, 1.165) is 11.3 Å². The normalized spacial score (nSPS) is 23.1. The van der Waals surface area contributed by atoms with E-state index in [-0.39, 0.29) is 29.1 Å². The number of hydrogen-bond acceptors (Lipinski definition) is 6. The van der Waals surface area contributed by atoms with Crippen LogP contribution in [0.25, 0.3) is 0 Å². The van der Waals surface area contributed by atoms with Gasteiger partial charge in [0.15, 0.2) is 0 Å². The van der Waals surface area contributed by atoms with Crippen LogP contribution >= 0.6 is 0 Å². The maximum absolute atomic E-state index is 12.3. The molecule has 3 aromatic carbocycles. The number of rotatable bonds is 10. The largest absolute Gasteiger partial charge is 0.497 e. The Morgan fingerprint density at radius 2 is 1.41 bits per heavy atom. The molecule has 7 heteroatoms. The highest BCUT2D eigenvalue weighted by Crippen LogP contribution is 2.38.